The van der Waals surface area contributed by atoms with E-state index in [2.05, 4.69) is 38.2 Å². The van der Waals surface area contributed by atoms with E-state index >= 15 is 0 Å². The van der Waals surface area contributed by atoms with Gasteiger partial charge in [-0.2, -0.15) is 0 Å². The summed E-state index contributed by atoms with van der Waals surface area (Å²) in [6, 6.07) is 6.77. The van der Waals surface area contributed by atoms with Gasteiger partial charge in [0.15, 0.2) is 5.58 Å². The van der Waals surface area contributed by atoms with E-state index in [1.165, 1.54) is 5.56 Å². The quantitative estimate of drug-likeness (QED) is 0.900. The summed E-state index contributed by atoms with van der Waals surface area (Å²) in [5.74, 6) is 0.763. The summed E-state index contributed by atoms with van der Waals surface area (Å²) >= 11 is 0. The molecule has 5 heteroatoms. The first-order valence-corrected chi connectivity index (χ1v) is 9.79. The van der Waals surface area contributed by atoms with Gasteiger partial charge in [-0.25, -0.2) is 4.98 Å². The van der Waals surface area contributed by atoms with Crippen molar-refractivity contribution in [2.45, 2.75) is 70.1 Å². The Morgan fingerprint density at radius 2 is 2.00 bits per heavy atom. The van der Waals surface area contributed by atoms with E-state index in [1.807, 2.05) is 6.07 Å². The minimum absolute atomic E-state index is 0.0110. The van der Waals surface area contributed by atoms with Crippen LogP contribution >= 0.6 is 0 Å². The lowest BCUT2D eigenvalue weighted by atomic mass is 9.84. The Kier molecular flexibility index (Phi) is 4.80. The highest BCUT2D eigenvalue weighted by Crippen LogP contribution is 2.34. The minimum atomic E-state index is 0.0110. The number of aromatic nitrogens is 1. The third-order valence-electron chi connectivity index (χ3n) is 5.74. The Hall–Kier alpha value is -1.43. The highest BCUT2D eigenvalue weighted by Gasteiger charge is 2.38. The third kappa shape index (κ3) is 3.80. The van der Waals surface area contributed by atoms with Crippen molar-refractivity contribution < 1.29 is 13.9 Å². The van der Waals surface area contributed by atoms with Gasteiger partial charge in [0.25, 0.3) is 0 Å². The largest absolute Gasteiger partial charge is 0.439 e. The fourth-order valence-corrected chi connectivity index (χ4v) is 4.04. The van der Waals surface area contributed by atoms with E-state index in [0.717, 1.165) is 62.5 Å². The molecule has 1 aromatic carbocycles. The van der Waals surface area contributed by atoms with Crippen molar-refractivity contribution in [2.75, 3.05) is 19.8 Å². The van der Waals surface area contributed by atoms with Crippen molar-refractivity contribution in [3.63, 3.8) is 0 Å². The number of hydrogen-bond donors (Lipinski definition) is 1. The lowest BCUT2D eigenvalue weighted by Gasteiger charge is -2.43. The maximum absolute atomic E-state index is 6.12. The zero-order valence-corrected chi connectivity index (χ0v) is 16.1. The van der Waals surface area contributed by atoms with Crippen molar-refractivity contribution in [2.24, 2.45) is 0 Å². The molecule has 4 rings (SSSR count). The normalized spacial score (nSPS) is 23.6. The Bertz CT molecular complexity index is 751. The molecule has 5 nitrogen and oxygen atoms in total. The highest BCUT2D eigenvalue weighted by molar-refractivity contribution is 5.73. The van der Waals surface area contributed by atoms with Gasteiger partial charge in [-0.15, -0.1) is 0 Å². The van der Waals surface area contributed by atoms with Crippen LogP contribution in [0.15, 0.2) is 22.6 Å². The third-order valence-corrected chi connectivity index (χ3v) is 5.74. The van der Waals surface area contributed by atoms with Gasteiger partial charge in [-0.05, 0) is 48.8 Å². The summed E-state index contributed by atoms with van der Waals surface area (Å²) in [4.78, 5) is 4.69. The lowest BCUT2D eigenvalue weighted by Crippen LogP contribution is -2.49. The number of oxazole rings is 1. The van der Waals surface area contributed by atoms with Crippen molar-refractivity contribution in [3.8, 4) is 0 Å². The molecule has 1 spiro atoms. The molecule has 2 aliphatic rings. The molecule has 1 aromatic heterocycles. The van der Waals surface area contributed by atoms with Crippen LogP contribution in [-0.4, -0.2) is 36.4 Å². The van der Waals surface area contributed by atoms with Crippen LogP contribution in [0.3, 0.4) is 0 Å². The summed E-state index contributed by atoms with van der Waals surface area (Å²) < 4.78 is 17.6. The molecule has 3 heterocycles. The molecule has 142 valence electrons. The van der Waals surface area contributed by atoms with Gasteiger partial charge in [0, 0.05) is 25.9 Å². The number of benzene rings is 1. The van der Waals surface area contributed by atoms with Crippen LogP contribution in [0.1, 0.15) is 57.9 Å². The molecule has 0 radical (unpaired) electrons. The minimum Gasteiger partial charge on any atom is -0.439 e. The second-order valence-corrected chi connectivity index (χ2v) is 8.75. The van der Waals surface area contributed by atoms with Crippen LogP contribution in [0.5, 0.6) is 0 Å². The number of fused-ring (bicyclic) bond motifs is 1. The van der Waals surface area contributed by atoms with Crippen LogP contribution in [0.4, 0.5) is 0 Å². The van der Waals surface area contributed by atoms with E-state index in [4.69, 9.17) is 18.9 Å². The molecule has 0 saturated carbocycles. The van der Waals surface area contributed by atoms with Gasteiger partial charge < -0.3 is 19.2 Å². The summed E-state index contributed by atoms with van der Waals surface area (Å²) in [7, 11) is 0. The van der Waals surface area contributed by atoms with Crippen LogP contribution in [0, 0.1) is 0 Å². The number of nitrogens with zero attached hydrogens (tertiary/aromatic N) is 1. The fraction of sp³-hybridized carbons (Fsp3) is 0.667. The second-order valence-electron chi connectivity index (χ2n) is 8.75. The number of hydrogen-bond acceptors (Lipinski definition) is 5. The van der Waals surface area contributed by atoms with Crippen LogP contribution in [-0.2, 0) is 21.4 Å². The standard InChI is InChI=1S/C21H30N2O3/c1-20(2,3)15-4-5-18-17(12-15)23-19(26-18)14-22-16-6-9-25-21(13-16)7-10-24-11-8-21/h4-5,12,16,22H,6-11,13-14H2,1-3H3. The van der Waals surface area contributed by atoms with Gasteiger partial charge in [0.05, 0.1) is 12.1 Å². The van der Waals surface area contributed by atoms with Gasteiger partial charge in [-0.3, -0.25) is 0 Å². The van der Waals surface area contributed by atoms with Crippen molar-refractivity contribution >= 4 is 11.1 Å². The average Bonchev–Trinajstić information content (AvgIpc) is 3.02. The molecule has 2 saturated heterocycles. The first-order chi connectivity index (χ1) is 12.4. The summed E-state index contributed by atoms with van der Waals surface area (Å²) in [5, 5.41) is 3.64. The Labute approximate surface area is 155 Å². The maximum Gasteiger partial charge on any atom is 0.209 e. The molecule has 0 aliphatic carbocycles. The van der Waals surface area contributed by atoms with Crippen molar-refractivity contribution in [3.05, 3.63) is 29.7 Å². The Balaban J connectivity index is 1.41. The molecule has 2 fully saturated rings. The van der Waals surface area contributed by atoms with Crippen LogP contribution in [0.25, 0.3) is 11.1 Å². The topological polar surface area (TPSA) is 56.5 Å². The first kappa shape index (κ1) is 18.0. The van der Waals surface area contributed by atoms with E-state index in [9.17, 15) is 0 Å². The monoisotopic (exact) mass is 358 g/mol. The predicted octanol–water partition coefficient (Wildman–Crippen LogP) is 3.94. The molecule has 2 aromatic rings. The second kappa shape index (κ2) is 6.95. The number of rotatable bonds is 3. The molecule has 0 amide bonds. The predicted molar refractivity (Wildman–Crippen MR) is 101 cm³/mol. The SMILES string of the molecule is CC(C)(C)c1ccc2oc(CNC3CCOC4(CCOCC4)C3)nc2c1. The molecule has 1 unspecified atom stereocenters. The number of nitrogens with one attached hydrogen (secondary N) is 1. The van der Waals surface area contributed by atoms with Gasteiger partial charge in [0.1, 0.15) is 5.52 Å². The molecule has 0 bridgehead atoms. The summed E-state index contributed by atoms with van der Waals surface area (Å²) in [5.41, 5.74) is 3.22. The van der Waals surface area contributed by atoms with Gasteiger partial charge in [-0.1, -0.05) is 26.8 Å². The average molecular weight is 358 g/mol. The van der Waals surface area contributed by atoms with Crippen molar-refractivity contribution in [1.29, 1.82) is 0 Å². The van der Waals surface area contributed by atoms with Crippen molar-refractivity contribution in [1.82, 2.24) is 10.3 Å². The lowest BCUT2D eigenvalue weighted by molar-refractivity contribution is -0.140. The van der Waals surface area contributed by atoms with E-state index in [1.54, 1.807) is 0 Å². The maximum atomic E-state index is 6.12. The zero-order chi connectivity index (χ0) is 18.2. The van der Waals surface area contributed by atoms with Gasteiger partial charge in [0.2, 0.25) is 5.89 Å². The Morgan fingerprint density at radius 3 is 2.77 bits per heavy atom. The molecule has 2 aliphatic heterocycles. The molecule has 26 heavy (non-hydrogen) atoms. The fourth-order valence-electron chi connectivity index (χ4n) is 4.04. The molecule has 1 N–H and O–H groups in total. The van der Waals surface area contributed by atoms with Crippen LogP contribution in [0.2, 0.25) is 0 Å². The smallest absolute Gasteiger partial charge is 0.209 e. The Morgan fingerprint density at radius 1 is 1.19 bits per heavy atom. The zero-order valence-electron chi connectivity index (χ0n) is 16.1. The van der Waals surface area contributed by atoms with E-state index < -0.39 is 0 Å². The molecular formula is C21H30N2O3. The van der Waals surface area contributed by atoms with Gasteiger partial charge >= 0.3 is 0 Å². The first-order valence-electron chi connectivity index (χ1n) is 9.79. The van der Waals surface area contributed by atoms with Crippen LogP contribution < -0.4 is 5.32 Å². The number of ether oxygens (including phenoxy) is 2. The molecule has 1 atom stereocenters. The van der Waals surface area contributed by atoms with E-state index in [0.29, 0.717) is 12.6 Å². The van der Waals surface area contributed by atoms with E-state index in [-0.39, 0.29) is 11.0 Å². The highest BCUT2D eigenvalue weighted by atomic mass is 16.5. The summed E-state index contributed by atoms with van der Waals surface area (Å²) in [6.45, 7) is 9.76. The summed E-state index contributed by atoms with van der Waals surface area (Å²) in [6.07, 6.45) is 4.09. The molecular weight excluding hydrogens is 328 g/mol.